The number of piperidine rings is 1. The molecule has 0 saturated carbocycles. The largest absolute Gasteiger partial charge is 0.364 e. The second kappa shape index (κ2) is 6.61. The Bertz CT molecular complexity index is 492. The molecular formula is C18H29N2O+. The molecule has 116 valence electrons. The summed E-state index contributed by atoms with van der Waals surface area (Å²) >= 11 is 0. The van der Waals surface area contributed by atoms with E-state index in [4.69, 9.17) is 5.73 Å². The number of aryl methyl sites for hydroxylation is 2. The normalized spacial score (nSPS) is 25.8. The number of rotatable bonds is 5. The van der Waals surface area contributed by atoms with Gasteiger partial charge in [-0.25, -0.2) is 0 Å². The van der Waals surface area contributed by atoms with E-state index in [1.54, 1.807) is 0 Å². The molecule has 1 fully saturated rings. The summed E-state index contributed by atoms with van der Waals surface area (Å²) in [7, 11) is 0. The summed E-state index contributed by atoms with van der Waals surface area (Å²) in [5.74, 6) is -0.131. The summed E-state index contributed by atoms with van der Waals surface area (Å²) in [6, 6.07) is 6.38. The summed E-state index contributed by atoms with van der Waals surface area (Å²) in [6.45, 7) is 8.61. The lowest BCUT2D eigenvalue weighted by Gasteiger charge is -2.47. The van der Waals surface area contributed by atoms with Crippen LogP contribution >= 0.6 is 0 Å². The molecule has 2 unspecified atom stereocenters. The number of likely N-dealkylation sites (tertiary alicyclic amines) is 1. The van der Waals surface area contributed by atoms with Crippen molar-refractivity contribution in [2.24, 2.45) is 5.73 Å². The highest BCUT2D eigenvalue weighted by molar-refractivity contribution is 5.83. The van der Waals surface area contributed by atoms with Crippen molar-refractivity contribution in [3.8, 4) is 0 Å². The minimum Gasteiger partial charge on any atom is -0.364 e. The molecule has 2 atom stereocenters. The van der Waals surface area contributed by atoms with Gasteiger partial charge in [-0.3, -0.25) is 9.28 Å². The van der Waals surface area contributed by atoms with Gasteiger partial charge < -0.3 is 5.73 Å². The average Bonchev–Trinajstić information content (AvgIpc) is 2.45. The van der Waals surface area contributed by atoms with Crippen molar-refractivity contribution in [2.75, 3.05) is 13.1 Å². The Balaban J connectivity index is 2.57. The standard InChI is InChI=1S/C18H28N2O/c1-4-5-12-20(13-7-6-11-16(20)18(19)21)17-14(2)9-8-10-15(17)3/h8-10,16H,4-7,11-13H2,1-3H3,(H-,19,21)/p+1. The van der Waals surface area contributed by atoms with Crippen molar-refractivity contribution in [2.45, 2.75) is 58.9 Å². The number of amides is 1. The van der Waals surface area contributed by atoms with Gasteiger partial charge in [0, 0.05) is 17.5 Å². The smallest absolute Gasteiger partial charge is 0.276 e. The number of quaternary nitrogens is 1. The van der Waals surface area contributed by atoms with E-state index in [0.29, 0.717) is 0 Å². The van der Waals surface area contributed by atoms with Gasteiger partial charge in [-0.15, -0.1) is 0 Å². The van der Waals surface area contributed by atoms with Crippen molar-refractivity contribution in [1.29, 1.82) is 0 Å². The maximum Gasteiger partial charge on any atom is 0.276 e. The van der Waals surface area contributed by atoms with Gasteiger partial charge >= 0.3 is 0 Å². The Morgan fingerprint density at radius 2 is 1.95 bits per heavy atom. The zero-order valence-corrected chi connectivity index (χ0v) is 13.7. The van der Waals surface area contributed by atoms with E-state index < -0.39 is 0 Å². The van der Waals surface area contributed by atoms with Gasteiger partial charge in [-0.2, -0.15) is 0 Å². The number of hydrogen-bond donors (Lipinski definition) is 1. The van der Waals surface area contributed by atoms with Crippen LogP contribution in [0.5, 0.6) is 0 Å². The van der Waals surface area contributed by atoms with Crippen molar-refractivity contribution in [3.05, 3.63) is 29.3 Å². The molecule has 1 aliphatic heterocycles. The Hall–Kier alpha value is -1.35. The van der Waals surface area contributed by atoms with Crippen LogP contribution in [0.4, 0.5) is 5.69 Å². The summed E-state index contributed by atoms with van der Waals surface area (Å²) in [6.07, 6.45) is 5.51. The number of unbranched alkanes of at least 4 members (excludes halogenated alkanes) is 1. The predicted molar refractivity (Wildman–Crippen MR) is 89.2 cm³/mol. The molecule has 2 rings (SSSR count). The third-order valence-electron chi connectivity index (χ3n) is 5.01. The molecule has 0 bridgehead atoms. The highest BCUT2D eigenvalue weighted by Crippen LogP contribution is 2.38. The number of para-hydroxylation sites is 1. The highest BCUT2D eigenvalue weighted by atomic mass is 16.1. The van der Waals surface area contributed by atoms with Gasteiger partial charge in [0.25, 0.3) is 5.91 Å². The summed E-state index contributed by atoms with van der Waals surface area (Å²) in [5, 5.41) is 0. The third kappa shape index (κ3) is 2.98. The lowest BCUT2D eigenvalue weighted by molar-refractivity contribution is -0.124. The second-order valence-corrected chi connectivity index (χ2v) is 6.49. The number of nitrogens with zero attached hydrogens (tertiary/aromatic N) is 1. The number of hydrogen-bond acceptors (Lipinski definition) is 1. The molecule has 3 nitrogen and oxygen atoms in total. The van der Waals surface area contributed by atoms with Crippen LogP contribution in [-0.2, 0) is 4.79 Å². The Labute approximate surface area is 128 Å². The Kier molecular flexibility index (Phi) is 5.04. The molecule has 0 radical (unpaired) electrons. The van der Waals surface area contributed by atoms with Gasteiger partial charge in [0.1, 0.15) is 5.69 Å². The average molecular weight is 289 g/mol. The van der Waals surface area contributed by atoms with Gasteiger partial charge in [-0.05, 0) is 33.1 Å². The molecular weight excluding hydrogens is 260 g/mol. The monoisotopic (exact) mass is 289 g/mol. The molecule has 1 heterocycles. The van der Waals surface area contributed by atoms with Crippen LogP contribution in [0, 0.1) is 13.8 Å². The van der Waals surface area contributed by atoms with Crippen LogP contribution in [0.15, 0.2) is 18.2 Å². The first-order valence-electron chi connectivity index (χ1n) is 8.26. The summed E-state index contributed by atoms with van der Waals surface area (Å²) in [5.41, 5.74) is 9.72. The summed E-state index contributed by atoms with van der Waals surface area (Å²) in [4.78, 5) is 12.1. The molecule has 2 N–H and O–H groups in total. The molecule has 1 saturated heterocycles. The molecule has 1 aromatic rings. The predicted octanol–water partition coefficient (Wildman–Crippen LogP) is 3.45. The lowest BCUT2D eigenvalue weighted by Crippen LogP contribution is -2.64. The van der Waals surface area contributed by atoms with Crippen molar-refractivity contribution >= 4 is 11.6 Å². The number of benzene rings is 1. The quantitative estimate of drug-likeness (QED) is 0.829. The van der Waals surface area contributed by atoms with Crippen molar-refractivity contribution in [1.82, 2.24) is 4.48 Å². The summed E-state index contributed by atoms with van der Waals surface area (Å²) < 4.78 is 0.779. The fourth-order valence-electron chi connectivity index (χ4n) is 4.12. The third-order valence-corrected chi connectivity index (χ3v) is 5.01. The molecule has 1 aliphatic rings. The fraction of sp³-hybridized carbons (Fsp3) is 0.611. The molecule has 1 amide bonds. The molecule has 0 aromatic heterocycles. The van der Waals surface area contributed by atoms with E-state index in [-0.39, 0.29) is 11.9 Å². The van der Waals surface area contributed by atoms with Crippen LogP contribution < -0.4 is 10.2 Å². The first-order valence-corrected chi connectivity index (χ1v) is 8.26. The minimum atomic E-state index is -0.131. The molecule has 0 spiro atoms. The molecule has 0 aliphatic carbocycles. The zero-order chi connectivity index (χ0) is 15.5. The second-order valence-electron chi connectivity index (χ2n) is 6.49. The number of carbonyl (C=O) groups is 1. The van der Waals surface area contributed by atoms with Crippen LogP contribution in [0.1, 0.15) is 50.2 Å². The number of carbonyl (C=O) groups excluding carboxylic acids is 1. The first kappa shape index (κ1) is 16.0. The molecule has 3 heteroatoms. The van der Waals surface area contributed by atoms with Crippen LogP contribution in [0.3, 0.4) is 0 Å². The topological polar surface area (TPSA) is 43.1 Å². The van der Waals surface area contributed by atoms with Crippen LogP contribution in [-0.4, -0.2) is 25.0 Å². The van der Waals surface area contributed by atoms with Gasteiger partial charge in [0.2, 0.25) is 0 Å². The molecule has 21 heavy (non-hydrogen) atoms. The maximum absolute atomic E-state index is 12.1. The Morgan fingerprint density at radius 1 is 1.29 bits per heavy atom. The number of nitrogens with two attached hydrogens (primary N) is 1. The zero-order valence-electron chi connectivity index (χ0n) is 13.7. The fourth-order valence-corrected chi connectivity index (χ4v) is 4.12. The van der Waals surface area contributed by atoms with E-state index >= 15 is 0 Å². The van der Waals surface area contributed by atoms with Gasteiger partial charge in [0.05, 0.1) is 13.1 Å². The lowest BCUT2D eigenvalue weighted by atomic mass is 9.92. The van der Waals surface area contributed by atoms with Crippen LogP contribution in [0.2, 0.25) is 0 Å². The van der Waals surface area contributed by atoms with Crippen molar-refractivity contribution < 1.29 is 4.79 Å². The molecule has 1 aromatic carbocycles. The van der Waals surface area contributed by atoms with E-state index in [0.717, 1.165) is 43.3 Å². The first-order chi connectivity index (χ1) is 10.0. The number of primary amides is 1. The SMILES string of the molecule is CCCC[N+]1(c2c(C)cccc2C)CCCCC1C(N)=O. The van der Waals surface area contributed by atoms with Gasteiger partial charge in [-0.1, -0.05) is 31.5 Å². The van der Waals surface area contributed by atoms with Crippen LogP contribution in [0.25, 0.3) is 0 Å². The van der Waals surface area contributed by atoms with E-state index in [9.17, 15) is 4.79 Å². The van der Waals surface area contributed by atoms with Crippen molar-refractivity contribution in [3.63, 3.8) is 0 Å². The minimum absolute atomic E-state index is 0.0647. The van der Waals surface area contributed by atoms with Gasteiger partial charge in [0.15, 0.2) is 6.04 Å². The Morgan fingerprint density at radius 3 is 2.52 bits per heavy atom. The van der Waals surface area contributed by atoms with E-state index in [1.807, 2.05) is 0 Å². The maximum atomic E-state index is 12.1. The van der Waals surface area contributed by atoms with E-state index in [1.165, 1.54) is 23.2 Å². The highest BCUT2D eigenvalue weighted by Gasteiger charge is 2.45. The van der Waals surface area contributed by atoms with E-state index in [2.05, 4.69) is 39.0 Å².